The van der Waals surface area contributed by atoms with Crippen molar-refractivity contribution in [2.24, 2.45) is 10.8 Å². The second kappa shape index (κ2) is 15.1. The van der Waals surface area contributed by atoms with E-state index in [0.717, 1.165) is 35.2 Å². The van der Waals surface area contributed by atoms with Crippen molar-refractivity contribution in [2.75, 3.05) is 19.6 Å². The number of hydrogen-bond donors (Lipinski definition) is 0. The zero-order valence-corrected chi connectivity index (χ0v) is 30.5. The van der Waals surface area contributed by atoms with E-state index >= 15 is 0 Å². The van der Waals surface area contributed by atoms with E-state index in [1.165, 1.54) is 24.3 Å². The summed E-state index contributed by atoms with van der Waals surface area (Å²) >= 11 is 0. The molecule has 2 aliphatic rings. The molecule has 0 N–H and O–H groups in total. The quantitative estimate of drug-likeness (QED) is 0.174. The lowest BCUT2D eigenvalue weighted by molar-refractivity contribution is -0.139. The number of benzene rings is 3. The maximum Gasteiger partial charge on any atom is 0.417 e. The van der Waals surface area contributed by atoms with Gasteiger partial charge in [0.05, 0.1) is 52.1 Å². The van der Waals surface area contributed by atoms with Crippen molar-refractivity contribution in [1.29, 1.82) is 10.5 Å². The normalized spacial score (nSPS) is 19.1. The van der Waals surface area contributed by atoms with Crippen LogP contribution in [-0.4, -0.2) is 58.4 Å². The van der Waals surface area contributed by atoms with Gasteiger partial charge in [-0.05, 0) is 55.5 Å². The highest BCUT2D eigenvalue weighted by Gasteiger charge is 2.49. The fourth-order valence-corrected chi connectivity index (χ4v) is 6.65. The second-order valence-electron chi connectivity index (χ2n) is 14.6. The van der Waals surface area contributed by atoms with Crippen LogP contribution in [0.4, 0.5) is 26.3 Å². The van der Waals surface area contributed by atoms with Gasteiger partial charge < -0.3 is 19.3 Å². The molecule has 3 heterocycles. The molecular weight excluding hydrogens is 728 g/mol. The molecule has 2 aliphatic heterocycles. The molecule has 2 fully saturated rings. The van der Waals surface area contributed by atoms with Crippen molar-refractivity contribution in [2.45, 2.75) is 65.7 Å². The van der Waals surface area contributed by atoms with Crippen LogP contribution in [0.25, 0.3) is 10.9 Å². The molecule has 2 amide bonds. The van der Waals surface area contributed by atoms with E-state index in [1.807, 2.05) is 71.0 Å². The Balaban J connectivity index is 0.000000223. The largest absolute Gasteiger partial charge is 0.480 e. The van der Waals surface area contributed by atoms with Gasteiger partial charge in [0.25, 0.3) is 11.8 Å². The van der Waals surface area contributed by atoms with E-state index in [9.17, 15) is 35.9 Å². The van der Waals surface area contributed by atoms with Gasteiger partial charge >= 0.3 is 12.4 Å². The number of likely N-dealkylation sites (N-methyl/N-ethyl adjacent to an activating group) is 1. The third kappa shape index (κ3) is 8.78. The summed E-state index contributed by atoms with van der Waals surface area (Å²) in [6.07, 6.45) is -11.2. The Morgan fingerprint density at radius 1 is 0.727 bits per heavy atom. The van der Waals surface area contributed by atoms with E-state index < -0.39 is 57.6 Å². The van der Waals surface area contributed by atoms with Crippen LogP contribution in [0.1, 0.15) is 62.6 Å². The minimum atomic E-state index is -4.70. The van der Waals surface area contributed by atoms with Crippen LogP contribution in [0.3, 0.4) is 0 Å². The smallest absolute Gasteiger partial charge is 0.417 e. The van der Waals surface area contributed by atoms with Gasteiger partial charge in [-0.3, -0.25) is 14.6 Å². The number of likely N-dealkylation sites (tertiary alicyclic amines) is 2. The first-order valence-electron chi connectivity index (χ1n) is 17.2. The summed E-state index contributed by atoms with van der Waals surface area (Å²) in [5.41, 5.74) is -2.74. The number of carbonyl (C=O) groups excluding carboxylic acids is 2. The number of alkyl halides is 6. The molecule has 0 bridgehead atoms. The summed E-state index contributed by atoms with van der Waals surface area (Å²) < 4.78 is 90.2. The molecule has 0 aliphatic carbocycles. The van der Waals surface area contributed by atoms with Gasteiger partial charge in [0, 0.05) is 35.9 Å². The third-order valence-electron chi connectivity index (χ3n) is 9.42. The van der Waals surface area contributed by atoms with E-state index in [0.29, 0.717) is 25.3 Å². The molecule has 3 aromatic carbocycles. The highest BCUT2D eigenvalue weighted by atomic mass is 19.4. The first-order valence-corrected chi connectivity index (χ1v) is 17.2. The number of nitriles is 2. The molecule has 2 atom stereocenters. The molecule has 6 rings (SSSR count). The molecule has 0 spiro atoms. The van der Waals surface area contributed by atoms with Crippen molar-refractivity contribution < 1.29 is 45.4 Å². The Morgan fingerprint density at radius 3 is 1.65 bits per heavy atom. The molecule has 15 heteroatoms. The van der Waals surface area contributed by atoms with Gasteiger partial charge in [0.2, 0.25) is 0 Å². The molecular formula is C40H37F6N5O4. The first-order chi connectivity index (χ1) is 25.7. The standard InChI is InChI=1S/C24H20F3N3O2.C16H17F3N2O2/c1-23(2)14-30(13-17-9-7-15-5-3-4-6-20(15)29-17)22(31)21(23)32-18-10-8-16(12-28)19(11-18)24(25,26)27;1-4-21-9-15(2,3)13(14(21)22)23-11-6-5-10(8-20)12(7-11)16(17,18)19/h3-11,21H,13-14H2,1-2H3;5-7,13H,4,9H2,1-3H3. The van der Waals surface area contributed by atoms with Crippen LogP contribution in [0.5, 0.6) is 11.5 Å². The van der Waals surface area contributed by atoms with E-state index in [2.05, 4.69) is 4.98 Å². The number of pyridine rings is 1. The number of rotatable bonds is 7. The van der Waals surface area contributed by atoms with Gasteiger partial charge in [-0.15, -0.1) is 0 Å². The predicted molar refractivity (Wildman–Crippen MR) is 188 cm³/mol. The van der Waals surface area contributed by atoms with Crippen LogP contribution >= 0.6 is 0 Å². The first kappa shape index (κ1) is 40.4. The highest BCUT2D eigenvalue weighted by molar-refractivity contribution is 5.85. The summed E-state index contributed by atoms with van der Waals surface area (Å²) in [6.45, 7) is 10.8. The van der Waals surface area contributed by atoms with Gasteiger partial charge in [-0.25, -0.2) is 0 Å². The summed E-state index contributed by atoms with van der Waals surface area (Å²) in [6, 6.07) is 20.7. The molecule has 2 unspecified atom stereocenters. The summed E-state index contributed by atoms with van der Waals surface area (Å²) in [5, 5.41) is 18.8. The Labute approximate surface area is 313 Å². The number of carbonyl (C=O) groups is 2. The maximum atomic E-state index is 13.3. The number of fused-ring (bicyclic) bond motifs is 1. The van der Waals surface area contributed by atoms with E-state index in [4.69, 9.17) is 20.0 Å². The van der Waals surface area contributed by atoms with Gasteiger partial charge in [0.15, 0.2) is 12.2 Å². The number of halogens is 6. The third-order valence-corrected chi connectivity index (χ3v) is 9.42. The average Bonchev–Trinajstić information content (AvgIpc) is 3.48. The van der Waals surface area contributed by atoms with Crippen molar-refractivity contribution in [3.8, 4) is 23.6 Å². The van der Waals surface area contributed by atoms with Gasteiger partial charge in [-0.2, -0.15) is 36.9 Å². The molecule has 0 radical (unpaired) electrons. The predicted octanol–water partition coefficient (Wildman–Crippen LogP) is 8.15. The highest BCUT2D eigenvalue weighted by Crippen LogP contribution is 2.39. The van der Waals surface area contributed by atoms with Crippen LogP contribution < -0.4 is 9.47 Å². The average molecular weight is 766 g/mol. The molecule has 55 heavy (non-hydrogen) atoms. The molecule has 0 saturated carbocycles. The second-order valence-corrected chi connectivity index (χ2v) is 14.6. The van der Waals surface area contributed by atoms with Crippen LogP contribution in [-0.2, 0) is 28.5 Å². The number of aromatic nitrogens is 1. The lowest BCUT2D eigenvalue weighted by Gasteiger charge is -2.24. The van der Waals surface area contributed by atoms with E-state index in [1.54, 1.807) is 9.80 Å². The Morgan fingerprint density at radius 2 is 1.20 bits per heavy atom. The SMILES string of the molecule is CC1(C)CN(Cc2ccc3ccccc3n2)C(=O)C1Oc1ccc(C#N)c(C(F)(F)F)c1.CCN1CC(C)(C)C(Oc2ccc(C#N)c(C(F)(F)F)c2)C1=O. The summed E-state index contributed by atoms with van der Waals surface area (Å²) in [5.74, 6) is -0.729. The number of ether oxygens (including phenoxy) is 2. The number of hydrogen-bond acceptors (Lipinski definition) is 7. The van der Waals surface area contributed by atoms with Crippen molar-refractivity contribution >= 4 is 22.7 Å². The lowest BCUT2D eigenvalue weighted by atomic mass is 9.89. The zero-order chi connectivity index (χ0) is 40.5. The summed E-state index contributed by atoms with van der Waals surface area (Å²) in [4.78, 5) is 33.2. The van der Waals surface area contributed by atoms with Crippen molar-refractivity contribution in [1.82, 2.24) is 14.8 Å². The van der Waals surface area contributed by atoms with Gasteiger partial charge in [-0.1, -0.05) is 52.0 Å². The fraction of sp³-hybridized carbons (Fsp3) is 0.375. The molecule has 1 aromatic heterocycles. The Kier molecular flexibility index (Phi) is 11.1. The minimum absolute atomic E-state index is 0.0688. The topological polar surface area (TPSA) is 120 Å². The monoisotopic (exact) mass is 765 g/mol. The summed E-state index contributed by atoms with van der Waals surface area (Å²) in [7, 11) is 0. The number of para-hydroxylation sites is 1. The van der Waals surface area contributed by atoms with Crippen LogP contribution in [0.2, 0.25) is 0 Å². The minimum Gasteiger partial charge on any atom is -0.480 e. The maximum absolute atomic E-state index is 13.3. The van der Waals surface area contributed by atoms with Crippen molar-refractivity contribution in [3.63, 3.8) is 0 Å². The Bertz CT molecular complexity index is 2190. The Hall–Kier alpha value is -5.83. The fourth-order valence-electron chi connectivity index (χ4n) is 6.65. The van der Waals surface area contributed by atoms with E-state index in [-0.39, 0.29) is 29.9 Å². The molecule has 4 aromatic rings. The molecule has 2 saturated heterocycles. The van der Waals surface area contributed by atoms with Crippen LogP contribution in [0.15, 0.2) is 72.8 Å². The lowest BCUT2D eigenvalue weighted by Crippen LogP contribution is -2.36. The van der Waals surface area contributed by atoms with Crippen LogP contribution in [0, 0.1) is 33.5 Å². The molecule has 9 nitrogen and oxygen atoms in total. The number of amides is 2. The van der Waals surface area contributed by atoms with Crippen molar-refractivity contribution in [3.05, 3.63) is 101 Å². The zero-order valence-electron chi connectivity index (χ0n) is 30.5. The molecule has 288 valence electrons. The van der Waals surface area contributed by atoms with Gasteiger partial charge in [0.1, 0.15) is 11.5 Å². The number of nitrogens with zero attached hydrogens (tertiary/aromatic N) is 5.